The molecule has 0 heterocycles. The molecule has 4 nitrogen and oxygen atoms in total. The molecule has 1 aliphatic carbocycles. The Kier molecular flexibility index (Phi) is 6.38. The lowest BCUT2D eigenvalue weighted by atomic mass is 10.1. The molecule has 2 N–H and O–H groups in total. The van der Waals surface area contributed by atoms with Gasteiger partial charge in [0, 0.05) is 19.1 Å². The van der Waals surface area contributed by atoms with Crippen molar-refractivity contribution < 1.29 is 4.74 Å². The summed E-state index contributed by atoms with van der Waals surface area (Å²) in [5.74, 6) is 1.90. The molecular weight excluding hydrogens is 262 g/mol. The van der Waals surface area contributed by atoms with Gasteiger partial charge in [-0.25, -0.2) is 0 Å². The van der Waals surface area contributed by atoms with Gasteiger partial charge in [-0.2, -0.15) is 0 Å². The molecule has 1 aromatic rings. The van der Waals surface area contributed by atoms with Crippen LogP contribution in [0.5, 0.6) is 5.75 Å². The first kappa shape index (κ1) is 15.7. The normalized spacial score (nSPS) is 14.9. The highest BCUT2D eigenvalue weighted by molar-refractivity contribution is 5.80. The molecule has 0 bridgehead atoms. The van der Waals surface area contributed by atoms with E-state index in [-0.39, 0.29) is 0 Å². The number of hydrogen-bond acceptors (Lipinski definition) is 2. The molecule has 0 amide bonds. The summed E-state index contributed by atoms with van der Waals surface area (Å²) in [6.07, 6.45) is 4.50. The number of benzene rings is 1. The zero-order chi connectivity index (χ0) is 14.9. The molecule has 4 heteroatoms. The molecule has 0 radical (unpaired) electrons. The molecule has 0 spiro atoms. The molecule has 1 aliphatic rings. The molecule has 1 fully saturated rings. The van der Waals surface area contributed by atoms with Crippen molar-refractivity contribution in [2.24, 2.45) is 4.99 Å². The second kappa shape index (κ2) is 8.55. The highest BCUT2D eigenvalue weighted by Crippen LogP contribution is 2.18. The zero-order valence-electron chi connectivity index (χ0n) is 13.2. The van der Waals surface area contributed by atoms with Gasteiger partial charge in [0.05, 0.1) is 6.61 Å². The number of nitrogens with zero attached hydrogens (tertiary/aromatic N) is 1. The van der Waals surface area contributed by atoms with Crippen molar-refractivity contribution in [3.63, 3.8) is 0 Å². The molecular formula is C17H27N3O. The predicted octanol–water partition coefficient (Wildman–Crippen LogP) is 2.74. The lowest BCUT2D eigenvalue weighted by molar-refractivity contribution is 0.317. The van der Waals surface area contributed by atoms with Gasteiger partial charge < -0.3 is 15.4 Å². The minimum absolute atomic E-state index is 0.633. The Hall–Kier alpha value is -1.71. The summed E-state index contributed by atoms with van der Waals surface area (Å²) in [5.41, 5.74) is 1.27. The first-order chi connectivity index (χ1) is 10.3. The van der Waals surface area contributed by atoms with Crippen LogP contribution in [-0.4, -0.2) is 31.7 Å². The summed E-state index contributed by atoms with van der Waals surface area (Å²) < 4.78 is 5.66. The number of nitrogens with one attached hydrogen (secondary N) is 2. The van der Waals surface area contributed by atoms with Crippen molar-refractivity contribution in [2.75, 3.05) is 19.7 Å². The summed E-state index contributed by atoms with van der Waals surface area (Å²) in [4.78, 5) is 4.63. The minimum Gasteiger partial charge on any atom is -0.494 e. The smallest absolute Gasteiger partial charge is 0.191 e. The maximum absolute atomic E-state index is 5.66. The Labute approximate surface area is 128 Å². The van der Waals surface area contributed by atoms with Crippen LogP contribution in [0.25, 0.3) is 0 Å². The second-order valence-electron chi connectivity index (χ2n) is 5.43. The summed E-state index contributed by atoms with van der Waals surface area (Å²) in [6.45, 7) is 6.68. The van der Waals surface area contributed by atoms with Crippen molar-refractivity contribution in [3.05, 3.63) is 29.8 Å². The van der Waals surface area contributed by atoms with E-state index in [1.165, 1.54) is 18.4 Å². The van der Waals surface area contributed by atoms with E-state index in [1.54, 1.807) is 0 Å². The molecule has 0 aromatic heterocycles. The third-order valence-electron chi connectivity index (χ3n) is 3.30. The molecule has 0 atom stereocenters. The maximum atomic E-state index is 5.66. The van der Waals surface area contributed by atoms with Gasteiger partial charge in [0.25, 0.3) is 0 Å². The van der Waals surface area contributed by atoms with Gasteiger partial charge in [-0.15, -0.1) is 0 Å². The van der Waals surface area contributed by atoms with E-state index >= 15 is 0 Å². The van der Waals surface area contributed by atoms with Gasteiger partial charge in [-0.05, 0) is 50.3 Å². The third-order valence-corrected chi connectivity index (χ3v) is 3.30. The number of aliphatic imine (C=N–C) groups is 1. The molecule has 1 saturated carbocycles. The molecule has 0 saturated heterocycles. The van der Waals surface area contributed by atoms with Gasteiger partial charge >= 0.3 is 0 Å². The number of ether oxygens (including phenoxy) is 1. The minimum atomic E-state index is 0.633. The largest absolute Gasteiger partial charge is 0.494 e. The molecule has 116 valence electrons. The summed E-state index contributed by atoms with van der Waals surface area (Å²) in [7, 11) is 0. The van der Waals surface area contributed by atoms with Crippen LogP contribution in [0.15, 0.2) is 29.3 Å². The average Bonchev–Trinajstić information content (AvgIpc) is 3.30. The van der Waals surface area contributed by atoms with Crippen LogP contribution < -0.4 is 15.4 Å². The molecule has 0 unspecified atom stereocenters. The average molecular weight is 289 g/mol. The fourth-order valence-corrected chi connectivity index (χ4v) is 2.05. The van der Waals surface area contributed by atoms with Crippen LogP contribution >= 0.6 is 0 Å². The van der Waals surface area contributed by atoms with Gasteiger partial charge in [-0.3, -0.25) is 4.99 Å². The lowest BCUT2D eigenvalue weighted by Crippen LogP contribution is -2.38. The molecule has 21 heavy (non-hydrogen) atoms. The summed E-state index contributed by atoms with van der Waals surface area (Å²) >= 11 is 0. The summed E-state index contributed by atoms with van der Waals surface area (Å²) in [5, 5.41) is 6.73. The number of rotatable bonds is 8. The number of hydrogen-bond donors (Lipinski definition) is 2. The Morgan fingerprint density at radius 2 is 2.19 bits per heavy atom. The van der Waals surface area contributed by atoms with Gasteiger partial charge in [0.2, 0.25) is 0 Å². The Bertz CT molecular complexity index is 455. The Morgan fingerprint density at radius 3 is 2.90 bits per heavy atom. The Balaban J connectivity index is 1.82. The van der Waals surface area contributed by atoms with Crippen LogP contribution in [0.1, 0.15) is 38.7 Å². The Morgan fingerprint density at radius 1 is 1.33 bits per heavy atom. The quantitative estimate of drug-likeness (QED) is 0.571. The monoisotopic (exact) mass is 289 g/mol. The first-order valence-corrected chi connectivity index (χ1v) is 8.08. The topological polar surface area (TPSA) is 45.6 Å². The van der Waals surface area contributed by atoms with E-state index in [1.807, 2.05) is 6.07 Å². The van der Waals surface area contributed by atoms with Crippen molar-refractivity contribution in [3.8, 4) is 5.75 Å². The van der Waals surface area contributed by atoms with Crippen LogP contribution in [-0.2, 0) is 6.42 Å². The zero-order valence-corrected chi connectivity index (χ0v) is 13.2. The van der Waals surface area contributed by atoms with E-state index in [2.05, 4.69) is 47.7 Å². The van der Waals surface area contributed by atoms with E-state index < -0.39 is 0 Å². The van der Waals surface area contributed by atoms with E-state index in [4.69, 9.17) is 4.74 Å². The van der Waals surface area contributed by atoms with Crippen LogP contribution in [0.4, 0.5) is 0 Å². The second-order valence-corrected chi connectivity index (χ2v) is 5.43. The highest BCUT2D eigenvalue weighted by Gasteiger charge is 2.21. The van der Waals surface area contributed by atoms with Gasteiger partial charge in [-0.1, -0.05) is 19.1 Å². The van der Waals surface area contributed by atoms with E-state index in [9.17, 15) is 0 Å². The van der Waals surface area contributed by atoms with Crippen LogP contribution in [0, 0.1) is 0 Å². The van der Waals surface area contributed by atoms with Crippen molar-refractivity contribution in [1.82, 2.24) is 10.6 Å². The van der Waals surface area contributed by atoms with E-state index in [0.717, 1.165) is 44.2 Å². The molecule has 2 rings (SSSR count). The molecule has 0 aliphatic heterocycles. The van der Waals surface area contributed by atoms with Crippen LogP contribution in [0.3, 0.4) is 0 Å². The summed E-state index contributed by atoms with van der Waals surface area (Å²) in [6, 6.07) is 8.95. The van der Waals surface area contributed by atoms with Gasteiger partial charge in [0.1, 0.15) is 5.75 Å². The standard InChI is InChI=1S/C17H27N3O/c1-3-12-21-16-7-5-6-14(13-16)10-11-19-17(18-4-2)20-15-8-9-15/h5-7,13,15H,3-4,8-12H2,1-2H3,(H2,18,19,20). The highest BCUT2D eigenvalue weighted by atomic mass is 16.5. The maximum Gasteiger partial charge on any atom is 0.191 e. The molecule has 1 aromatic carbocycles. The van der Waals surface area contributed by atoms with E-state index in [0.29, 0.717) is 6.04 Å². The number of guanidine groups is 1. The lowest BCUT2D eigenvalue weighted by Gasteiger charge is -2.10. The fraction of sp³-hybridized carbons (Fsp3) is 0.588. The third kappa shape index (κ3) is 6.06. The van der Waals surface area contributed by atoms with Crippen molar-refractivity contribution in [1.29, 1.82) is 0 Å². The predicted molar refractivity (Wildman–Crippen MR) is 88.1 cm³/mol. The van der Waals surface area contributed by atoms with Crippen molar-refractivity contribution in [2.45, 2.75) is 45.6 Å². The van der Waals surface area contributed by atoms with Crippen LogP contribution in [0.2, 0.25) is 0 Å². The fourth-order valence-electron chi connectivity index (χ4n) is 2.05. The van der Waals surface area contributed by atoms with Crippen molar-refractivity contribution >= 4 is 5.96 Å². The van der Waals surface area contributed by atoms with Gasteiger partial charge in [0.15, 0.2) is 5.96 Å². The SMILES string of the molecule is CCCOc1cccc(CCN=C(NCC)NC2CC2)c1. The first-order valence-electron chi connectivity index (χ1n) is 8.08.